The number of benzene rings is 2. The number of nitrogens with one attached hydrogen (secondary N) is 2. The van der Waals surface area contributed by atoms with E-state index in [1.54, 1.807) is 30.3 Å². The molecule has 168 valence electrons. The average Bonchev–Trinajstić information content (AvgIpc) is 3.44. The van der Waals surface area contributed by atoms with Crippen LogP contribution in [-0.4, -0.2) is 17.0 Å². The van der Waals surface area contributed by atoms with Crippen molar-refractivity contribution in [2.75, 3.05) is 10.6 Å². The SMILES string of the molecule is Cc1noc(C)c1COc1ccc(CC(=O)Nc2cccc(NC(=O)c3cccs3)c2)cc1. The minimum atomic E-state index is -0.176. The standard InChI is InChI=1S/C25H23N3O4S/c1-16-22(17(2)32-28-16)15-31-21-10-8-18(9-11-21)13-24(29)26-19-5-3-6-20(14-19)27-25(30)23-7-4-12-33-23/h3-12,14H,13,15H2,1-2H3,(H,26,29)(H,27,30). The van der Waals surface area contributed by atoms with Gasteiger partial charge < -0.3 is 19.9 Å². The molecule has 2 aromatic carbocycles. The monoisotopic (exact) mass is 461 g/mol. The van der Waals surface area contributed by atoms with Crippen molar-refractivity contribution in [3.63, 3.8) is 0 Å². The van der Waals surface area contributed by atoms with Crippen LogP contribution in [0.1, 0.15) is 32.3 Å². The second kappa shape index (κ2) is 10.1. The van der Waals surface area contributed by atoms with Crippen LogP contribution in [-0.2, 0) is 17.8 Å². The van der Waals surface area contributed by atoms with Crippen LogP contribution in [0.2, 0.25) is 0 Å². The molecule has 4 rings (SSSR count). The van der Waals surface area contributed by atoms with E-state index in [1.165, 1.54) is 11.3 Å². The van der Waals surface area contributed by atoms with E-state index in [4.69, 9.17) is 9.26 Å². The van der Waals surface area contributed by atoms with Crippen molar-refractivity contribution in [2.24, 2.45) is 0 Å². The molecule has 0 unspecified atom stereocenters. The van der Waals surface area contributed by atoms with E-state index in [1.807, 2.05) is 49.6 Å². The normalized spacial score (nSPS) is 10.6. The number of thiophene rings is 1. The molecule has 8 heteroatoms. The molecule has 0 radical (unpaired) electrons. The van der Waals surface area contributed by atoms with Gasteiger partial charge in [0.05, 0.1) is 22.6 Å². The molecule has 33 heavy (non-hydrogen) atoms. The van der Waals surface area contributed by atoms with Gasteiger partial charge in [0.1, 0.15) is 18.1 Å². The molecule has 2 amide bonds. The van der Waals surface area contributed by atoms with Crippen LogP contribution in [0.15, 0.2) is 70.6 Å². The fourth-order valence-electron chi connectivity index (χ4n) is 3.23. The maximum Gasteiger partial charge on any atom is 0.265 e. The Morgan fingerprint density at radius 2 is 1.76 bits per heavy atom. The van der Waals surface area contributed by atoms with Crippen molar-refractivity contribution in [3.05, 3.63) is 93.5 Å². The number of anilines is 2. The van der Waals surface area contributed by atoms with Gasteiger partial charge in [0.15, 0.2) is 0 Å². The first-order valence-electron chi connectivity index (χ1n) is 10.4. The quantitative estimate of drug-likeness (QED) is 0.368. The Balaban J connectivity index is 1.30. The molecule has 0 aliphatic rings. The molecule has 0 spiro atoms. The fourth-order valence-corrected chi connectivity index (χ4v) is 3.85. The van der Waals surface area contributed by atoms with Gasteiger partial charge in [0, 0.05) is 11.4 Å². The van der Waals surface area contributed by atoms with E-state index in [9.17, 15) is 9.59 Å². The summed E-state index contributed by atoms with van der Waals surface area (Å²) in [4.78, 5) is 25.3. The first kappa shape index (κ1) is 22.3. The van der Waals surface area contributed by atoms with Gasteiger partial charge >= 0.3 is 0 Å². The first-order valence-corrected chi connectivity index (χ1v) is 11.2. The van der Waals surface area contributed by atoms with E-state index in [0.29, 0.717) is 28.6 Å². The summed E-state index contributed by atoms with van der Waals surface area (Å²) in [6.45, 7) is 4.11. The summed E-state index contributed by atoms with van der Waals surface area (Å²) in [6, 6.07) is 18.1. The third-order valence-corrected chi connectivity index (χ3v) is 5.87. The molecule has 0 atom stereocenters. The van der Waals surface area contributed by atoms with Crippen LogP contribution in [0, 0.1) is 13.8 Å². The molecule has 0 saturated carbocycles. The smallest absolute Gasteiger partial charge is 0.265 e. The third-order valence-electron chi connectivity index (χ3n) is 5.00. The highest BCUT2D eigenvalue weighted by molar-refractivity contribution is 7.12. The summed E-state index contributed by atoms with van der Waals surface area (Å²) < 4.78 is 10.9. The second-order valence-electron chi connectivity index (χ2n) is 7.47. The maximum absolute atomic E-state index is 12.5. The molecule has 0 fully saturated rings. The highest BCUT2D eigenvalue weighted by atomic mass is 32.1. The van der Waals surface area contributed by atoms with Gasteiger partial charge in [-0.05, 0) is 61.2 Å². The Morgan fingerprint density at radius 1 is 1.00 bits per heavy atom. The van der Waals surface area contributed by atoms with Crippen LogP contribution in [0.4, 0.5) is 11.4 Å². The van der Waals surface area contributed by atoms with Crippen LogP contribution in [0.5, 0.6) is 5.75 Å². The van der Waals surface area contributed by atoms with E-state index in [2.05, 4.69) is 15.8 Å². The van der Waals surface area contributed by atoms with Crippen molar-refractivity contribution < 1.29 is 18.8 Å². The van der Waals surface area contributed by atoms with Gasteiger partial charge in [-0.3, -0.25) is 9.59 Å². The highest BCUT2D eigenvalue weighted by Gasteiger charge is 2.11. The lowest BCUT2D eigenvalue weighted by molar-refractivity contribution is -0.115. The van der Waals surface area contributed by atoms with Gasteiger partial charge in [-0.1, -0.05) is 29.4 Å². The number of aromatic nitrogens is 1. The third kappa shape index (κ3) is 5.87. The Bertz CT molecular complexity index is 1230. The number of rotatable bonds is 8. The summed E-state index contributed by atoms with van der Waals surface area (Å²) in [5, 5.41) is 11.5. The number of nitrogens with zero attached hydrogens (tertiary/aromatic N) is 1. The van der Waals surface area contributed by atoms with Gasteiger partial charge in [-0.15, -0.1) is 11.3 Å². The number of aryl methyl sites for hydroxylation is 2. The summed E-state index contributed by atoms with van der Waals surface area (Å²) in [6.07, 6.45) is 0.218. The van der Waals surface area contributed by atoms with E-state index < -0.39 is 0 Å². The summed E-state index contributed by atoms with van der Waals surface area (Å²) in [5.41, 5.74) is 3.84. The second-order valence-corrected chi connectivity index (χ2v) is 8.42. The number of hydrogen-bond acceptors (Lipinski definition) is 6. The molecule has 0 saturated heterocycles. The van der Waals surface area contributed by atoms with E-state index in [-0.39, 0.29) is 18.2 Å². The topological polar surface area (TPSA) is 93.5 Å². The van der Waals surface area contributed by atoms with Gasteiger partial charge in [0.2, 0.25) is 5.91 Å². The maximum atomic E-state index is 12.5. The predicted octanol–water partition coefficient (Wildman–Crippen LogP) is 5.37. The molecule has 2 aromatic heterocycles. The summed E-state index contributed by atoms with van der Waals surface area (Å²) in [5.74, 6) is 1.12. The average molecular weight is 462 g/mol. The molecule has 2 heterocycles. The fraction of sp³-hybridized carbons (Fsp3) is 0.160. The molecule has 0 bridgehead atoms. The molecule has 7 nitrogen and oxygen atoms in total. The molecular formula is C25H23N3O4S. The first-order chi connectivity index (χ1) is 16.0. The molecule has 4 aromatic rings. The van der Waals surface area contributed by atoms with Crippen molar-refractivity contribution in [2.45, 2.75) is 26.9 Å². The number of carbonyl (C=O) groups excluding carboxylic acids is 2. The molecule has 2 N–H and O–H groups in total. The lowest BCUT2D eigenvalue weighted by atomic mass is 10.1. The number of ether oxygens (including phenoxy) is 1. The van der Waals surface area contributed by atoms with Crippen LogP contribution in [0.25, 0.3) is 0 Å². The number of hydrogen-bond donors (Lipinski definition) is 2. The van der Waals surface area contributed by atoms with Gasteiger partial charge in [-0.25, -0.2) is 0 Å². The van der Waals surface area contributed by atoms with Gasteiger partial charge in [-0.2, -0.15) is 0 Å². The zero-order valence-corrected chi connectivity index (χ0v) is 19.1. The van der Waals surface area contributed by atoms with Crippen LogP contribution >= 0.6 is 11.3 Å². The Labute approximate surface area is 195 Å². The Morgan fingerprint density at radius 3 is 2.42 bits per heavy atom. The molecular weight excluding hydrogens is 438 g/mol. The van der Waals surface area contributed by atoms with E-state index in [0.717, 1.165) is 22.6 Å². The van der Waals surface area contributed by atoms with Crippen molar-refractivity contribution in [1.29, 1.82) is 0 Å². The zero-order chi connectivity index (χ0) is 23.2. The van der Waals surface area contributed by atoms with Crippen LogP contribution in [0.3, 0.4) is 0 Å². The van der Waals surface area contributed by atoms with Crippen molar-refractivity contribution in [3.8, 4) is 5.75 Å². The lowest BCUT2D eigenvalue weighted by Gasteiger charge is -2.09. The number of carbonyl (C=O) groups is 2. The van der Waals surface area contributed by atoms with Gasteiger partial charge in [0.25, 0.3) is 5.91 Å². The van der Waals surface area contributed by atoms with Crippen LogP contribution < -0.4 is 15.4 Å². The highest BCUT2D eigenvalue weighted by Crippen LogP contribution is 2.20. The Hall–Kier alpha value is -3.91. The molecule has 0 aliphatic carbocycles. The van der Waals surface area contributed by atoms with Crippen molar-refractivity contribution >= 4 is 34.5 Å². The molecule has 0 aliphatic heterocycles. The minimum absolute atomic E-state index is 0.152. The largest absolute Gasteiger partial charge is 0.489 e. The minimum Gasteiger partial charge on any atom is -0.489 e. The summed E-state index contributed by atoms with van der Waals surface area (Å²) in [7, 11) is 0. The zero-order valence-electron chi connectivity index (χ0n) is 18.3. The predicted molar refractivity (Wildman–Crippen MR) is 128 cm³/mol. The van der Waals surface area contributed by atoms with Crippen molar-refractivity contribution in [1.82, 2.24) is 5.16 Å². The Kier molecular flexibility index (Phi) is 6.85. The van der Waals surface area contributed by atoms with E-state index >= 15 is 0 Å². The summed E-state index contributed by atoms with van der Waals surface area (Å²) >= 11 is 1.37. The number of amides is 2. The lowest BCUT2D eigenvalue weighted by Crippen LogP contribution is -2.15.